The second-order valence-electron chi connectivity index (χ2n) is 10.6. The maximum absolute atomic E-state index is 13.7. The largest absolute Gasteiger partial charge is 0.344 e. The van der Waals surface area contributed by atoms with Gasteiger partial charge in [-0.2, -0.15) is 5.10 Å². The summed E-state index contributed by atoms with van der Waals surface area (Å²) < 4.78 is 15.5. The molecule has 10 heteroatoms. The van der Waals surface area contributed by atoms with Gasteiger partial charge in [-0.05, 0) is 42.5 Å². The van der Waals surface area contributed by atoms with E-state index < -0.39 is 17.9 Å². The minimum absolute atomic E-state index is 0.0157. The van der Waals surface area contributed by atoms with E-state index in [1.807, 2.05) is 44.2 Å². The monoisotopic (exact) mass is 548 g/mol. The predicted molar refractivity (Wildman–Crippen MR) is 148 cm³/mol. The van der Waals surface area contributed by atoms with Crippen LogP contribution in [0.2, 0.25) is 0 Å². The Kier molecular flexibility index (Phi) is 9.63. The number of halogens is 1. The SMILES string of the molecule is Cc1nc2n(n1)CCN(C(=O)Cc1cccc(F)c1)CCCC(=O)N[C@@H](Cc1ccccc1)C(=O)N[C@@H]2C(C)C. The molecule has 3 aromatic rings. The van der Waals surface area contributed by atoms with Crippen molar-refractivity contribution in [1.29, 1.82) is 0 Å². The molecule has 212 valence electrons. The Labute approximate surface area is 234 Å². The third kappa shape index (κ3) is 7.74. The van der Waals surface area contributed by atoms with Crippen molar-refractivity contribution in [3.8, 4) is 0 Å². The minimum atomic E-state index is -0.776. The Balaban J connectivity index is 1.61. The Hall–Kier alpha value is -4.08. The van der Waals surface area contributed by atoms with E-state index in [2.05, 4.69) is 20.7 Å². The zero-order chi connectivity index (χ0) is 28.6. The van der Waals surface area contributed by atoms with Crippen molar-refractivity contribution in [3.05, 3.63) is 83.2 Å². The summed E-state index contributed by atoms with van der Waals surface area (Å²) >= 11 is 0. The summed E-state index contributed by atoms with van der Waals surface area (Å²) in [6.45, 7) is 6.81. The van der Waals surface area contributed by atoms with Crippen LogP contribution in [0.4, 0.5) is 4.39 Å². The maximum Gasteiger partial charge on any atom is 0.243 e. The van der Waals surface area contributed by atoms with Crippen molar-refractivity contribution >= 4 is 17.7 Å². The highest BCUT2D eigenvalue weighted by molar-refractivity contribution is 5.88. The molecule has 3 amide bonds. The molecule has 1 aliphatic heterocycles. The van der Waals surface area contributed by atoms with Gasteiger partial charge in [0.25, 0.3) is 0 Å². The molecule has 0 radical (unpaired) electrons. The number of aryl methyl sites for hydroxylation is 1. The summed E-state index contributed by atoms with van der Waals surface area (Å²) in [5.41, 5.74) is 1.52. The van der Waals surface area contributed by atoms with Gasteiger partial charge in [-0.15, -0.1) is 0 Å². The lowest BCUT2D eigenvalue weighted by Gasteiger charge is -2.28. The summed E-state index contributed by atoms with van der Waals surface area (Å²) in [5, 5.41) is 10.6. The van der Waals surface area contributed by atoms with E-state index in [-0.39, 0.29) is 36.5 Å². The van der Waals surface area contributed by atoms with Crippen LogP contribution in [0.15, 0.2) is 54.6 Å². The van der Waals surface area contributed by atoms with Gasteiger partial charge in [0.05, 0.1) is 19.0 Å². The molecule has 1 aliphatic rings. The third-order valence-corrected chi connectivity index (χ3v) is 6.99. The number of carbonyl (C=O) groups excluding carboxylic acids is 3. The van der Waals surface area contributed by atoms with Gasteiger partial charge in [-0.25, -0.2) is 14.1 Å². The number of aromatic nitrogens is 3. The van der Waals surface area contributed by atoms with Crippen molar-refractivity contribution in [2.45, 2.75) is 65.1 Å². The molecule has 9 nitrogen and oxygen atoms in total. The standard InChI is InChI=1S/C30H37FN6O3/c1-20(2)28-29-32-21(3)35-37(29)16-15-36(27(39)19-23-11-7-12-24(31)17-23)14-8-13-26(38)33-25(30(40)34-28)18-22-9-5-4-6-10-22/h4-7,9-12,17,20,25,28H,8,13-16,18-19H2,1-3H3,(H,33,38)(H,34,40)/t25-,28+/m0/s1. The average molecular weight is 549 g/mol. The van der Waals surface area contributed by atoms with Crippen LogP contribution in [0.5, 0.6) is 0 Å². The number of carbonyl (C=O) groups is 3. The van der Waals surface area contributed by atoms with Gasteiger partial charge in [0.2, 0.25) is 17.7 Å². The van der Waals surface area contributed by atoms with Gasteiger partial charge >= 0.3 is 0 Å². The number of hydrogen-bond acceptors (Lipinski definition) is 5. The molecule has 0 aliphatic carbocycles. The summed E-state index contributed by atoms with van der Waals surface area (Å²) in [6, 6.07) is 14.3. The predicted octanol–water partition coefficient (Wildman–Crippen LogP) is 3.13. The number of fused-ring (bicyclic) bond motifs is 1. The number of amides is 3. The van der Waals surface area contributed by atoms with E-state index in [9.17, 15) is 18.8 Å². The lowest BCUT2D eigenvalue weighted by Crippen LogP contribution is -2.50. The Morgan fingerprint density at radius 1 is 1.02 bits per heavy atom. The highest BCUT2D eigenvalue weighted by Gasteiger charge is 2.30. The molecular formula is C30H37FN6O3. The van der Waals surface area contributed by atoms with Gasteiger partial charge in [0.1, 0.15) is 23.5 Å². The fourth-order valence-corrected chi connectivity index (χ4v) is 4.92. The third-order valence-electron chi connectivity index (χ3n) is 6.99. The Morgan fingerprint density at radius 3 is 2.50 bits per heavy atom. The lowest BCUT2D eigenvalue weighted by atomic mass is 10.0. The fraction of sp³-hybridized carbons (Fsp3) is 0.433. The van der Waals surface area contributed by atoms with Crippen molar-refractivity contribution in [1.82, 2.24) is 30.3 Å². The number of nitrogens with one attached hydrogen (secondary N) is 2. The molecule has 0 fully saturated rings. The van der Waals surface area contributed by atoms with E-state index in [0.29, 0.717) is 49.7 Å². The van der Waals surface area contributed by atoms with Crippen molar-refractivity contribution in [2.75, 3.05) is 13.1 Å². The quantitative estimate of drug-likeness (QED) is 0.509. The second kappa shape index (κ2) is 13.3. The van der Waals surface area contributed by atoms with Crippen LogP contribution in [-0.2, 0) is 33.8 Å². The first-order chi connectivity index (χ1) is 19.2. The topological polar surface area (TPSA) is 109 Å². The molecule has 40 heavy (non-hydrogen) atoms. The van der Waals surface area contributed by atoms with Crippen LogP contribution in [-0.4, -0.2) is 56.5 Å². The zero-order valence-electron chi connectivity index (χ0n) is 23.3. The fourth-order valence-electron chi connectivity index (χ4n) is 4.92. The van der Waals surface area contributed by atoms with E-state index in [0.717, 1.165) is 5.56 Å². The molecule has 0 saturated heterocycles. The lowest BCUT2D eigenvalue weighted by molar-refractivity contribution is -0.131. The average Bonchev–Trinajstić information content (AvgIpc) is 3.28. The van der Waals surface area contributed by atoms with Crippen LogP contribution in [0.1, 0.15) is 55.5 Å². The molecule has 2 aromatic carbocycles. The highest BCUT2D eigenvalue weighted by atomic mass is 19.1. The Bertz CT molecular complexity index is 1330. The normalized spacial score (nSPS) is 19.0. The van der Waals surface area contributed by atoms with Gasteiger partial charge in [-0.1, -0.05) is 56.3 Å². The van der Waals surface area contributed by atoms with Crippen LogP contribution in [0.3, 0.4) is 0 Å². The molecule has 2 N–H and O–H groups in total. The highest BCUT2D eigenvalue weighted by Crippen LogP contribution is 2.21. The molecular weight excluding hydrogens is 511 g/mol. The van der Waals surface area contributed by atoms with E-state index in [1.54, 1.807) is 28.6 Å². The van der Waals surface area contributed by atoms with E-state index in [4.69, 9.17) is 0 Å². The van der Waals surface area contributed by atoms with Crippen LogP contribution < -0.4 is 10.6 Å². The number of benzene rings is 2. The number of nitrogens with zero attached hydrogens (tertiary/aromatic N) is 4. The summed E-state index contributed by atoms with van der Waals surface area (Å²) in [4.78, 5) is 46.1. The smallest absolute Gasteiger partial charge is 0.243 e. The first-order valence-electron chi connectivity index (χ1n) is 13.8. The molecule has 0 saturated carbocycles. The molecule has 1 aromatic heterocycles. The van der Waals surface area contributed by atoms with E-state index >= 15 is 0 Å². The van der Waals surface area contributed by atoms with Crippen molar-refractivity contribution < 1.29 is 18.8 Å². The first kappa shape index (κ1) is 28.9. The zero-order valence-corrected chi connectivity index (χ0v) is 23.3. The first-order valence-corrected chi connectivity index (χ1v) is 13.8. The van der Waals surface area contributed by atoms with Crippen LogP contribution >= 0.6 is 0 Å². The maximum atomic E-state index is 13.7. The van der Waals surface area contributed by atoms with Crippen molar-refractivity contribution in [2.24, 2.45) is 5.92 Å². The molecule has 0 spiro atoms. The van der Waals surface area contributed by atoms with Gasteiger partial charge in [0.15, 0.2) is 0 Å². The minimum Gasteiger partial charge on any atom is -0.344 e. The molecule has 2 atom stereocenters. The van der Waals surface area contributed by atoms with Crippen LogP contribution in [0, 0.1) is 18.7 Å². The van der Waals surface area contributed by atoms with Gasteiger partial charge < -0.3 is 15.5 Å². The second-order valence-corrected chi connectivity index (χ2v) is 10.6. The number of hydrogen-bond donors (Lipinski definition) is 2. The molecule has 2 heterocycles. The summed E-state index contributed by atoms with van der Waals surface area (Å²) in [7, 11) is 0. The van der Waals surface area contributed by atoms with E-state index in [1.165, 1.54) is 12.1 Å². The van der Waals surface area contributed by atoms with Gasteiger partial charge in [-0.3, -0.25) is 14.4 Å². The molecule has 4 rings (SSSR count). The van der Waals surface area contributed by atoms with Crippen molar-refractivity contribution in [3.63, 3.8) is 0 Å². The number of rotatable bonds is 5. The summed E-state index contributed by atoms with van der Waals surface area (Å²) in [5.74, 6) is 0.0479. The molecule has 0 unspecified atom stereocenters. The van der Waals surface area contributed by atoms with Gasteiger partial charge in [0, 0.05) is 25.9 Å². The molecule has 0 bridgehead atoms. The summed E-state index contributed by atoms with van der Waals surface area (Å²) in [6.07, 6.45) is 0.964. The van der Waals surface area contributed by atoms with Crippen LogP contribution in [0.25, 0.3) is 0 Å². The Morgan fingerprint density at radius 2 is 1.77 bits per heavy atom.